The van der Waals surface area contributed by atoms with Crippen molar-refractivity contribution in [2.45, 2.75) is 110 Å². The van der Waals surface area contributed by atoms with Crippen LogP contribution in [0.15, 0.2) is 54.3 Å². The van der Waals surface area contributed by atoms with Gasteiger partial charge in [-0.15, -0.1) is 0 Å². The second-order valence-electron chi connectivity index (χ2n) is 10.2. The molecule has 2 aromatic rings. The van der Waals surface area contributed by atoms with Gasteiger partial charge in [0.25, 0.3) is 0 Å². The molecule has 0 saturated heterocycles. The van der Waals surface area contributed by atoms with Gasteiger partial charge in [-0.25, -0.2) is 0 Å². The Labute approximate surface area is 232 Å². The fourth-order valence-corrected chi connectivity index (χ4v) is 5.14. The van der Waals surface area contributed by atoms with Crippen molar-refractivity contribution in [2.75, 3.05) is 14.2 Å². The van der Waals surface area contributed by atoms with Crippen molar-refractivity contribution in [3.05, 3.63) is 71.0 Å². The van der Waals surface area contributed by atoms with Crippen LogP contribution in [0.3, 0.4) is 0 Å². The van der Waals surface area contributed by atoms with Gasteiger partial charge in [0, 0.05) is 5.56 Å². The van der Waals surface area contributed by atoms with E-state index < -0.39 is 0 Å². The smallest absolute Gasteiger partial charge is 0.138 e. The molecule has 0 atom stereocenters. The summed E-state index contributed by atoms with van der Waals surface area (Å²) in [5, 5.41) is 0. The second-order valence-corrected chi connectivity index (χ2v) is 10.6. The zero-order chi connectivity index (χ0) is 26.6. The number of rotatable bonds is 21. The molecule has 0 aliphatic rings. The largest absolute Gasteiger partial charge is 0.496 e. The molecule has 0 fully saturated rings. The van der Waals surface area contributed by atoms with Crippen LogP contribution in [0.25, 0.3) is 6.08 Å². The number of thiocarbonyl (C=S) groups is 1. The molecule has 0 N–H and O–H groups in total. The third-order valence-corrected chi connectivity index (χ3v) is 7.54. The summed E-state index contributed by atoms with van der Waals surface area (Å²) in [7, 11) is 3.38. The summed E-state index contributed by atoms with van der Waals surface area (Å²) in [5.74, 6) is 1.49. The molecule has 2 nitrogen and oxygen atoms in total. The fraction of sp³-hybridized carbons (Fsp3) is 0.559. The van der Waals surface area contributed by atoms with Crippen LogP contribution in [-0.4, -0.2) is 19.1 Å². The Kier molecular flexibility index (Phi) is 16.7. The average Bonchev–Trinajstić information content (AvgIpc) is 2.93. The van der Waals surface area contributed by atoms with Crippen molar-refractivity contribution < 1.29 is 9.47 Å². The topological polar surface area (TPSA) is 18.5 Å². The molecule has 3 heteroatoms. The number of hydrogen-bond acceptors (Lipinski definition) is 3. The van der Waals surface area contributed by atoms with Crippen molar-refractivity contribution in [1.29, 1.82) is 0 Å². The molecule has 204 valence electrons. The number of ether oxygens (including phenoxy) is 2. The molecule has 37 heavy (non-hydrogen) atoms. The van der Waals surface area contributed by atoms with Gasteiger partial charge in [-0.05, 0) is 42.2 Å². The van der Waals surface area contributed by atoms with Gasteiger partial charge >= 0.3 is 0 Å². The Morgan fingerprint density at radius 3 is 1.76 bits per heavy atom. The monoisotopic (exact) mass is 522 g/mol. The van der Waals surface area contributed by atoms with Crippen LogP contribution in [0.2, 0.25) is 0 Å². The Hall–Kier alpha value is -2.13. The molecule has 0 aliphatic carbocycles. The maximum absolute atomic E-state index is 5.77. The summed E-state index contributed by atoms with van der Waals surface area (Å²) >= 11 is 5.77. The van der Waals surface area contributed by atoms with Crippen molar-refractivity contribution in [3.8, 4) is 5.75 Å². The van der Waals surface area contributed by atoms with E-state index in [4.69, 9.17) is 21.7 Å². The number of aryl methyl sites for hydroxylation is 1. The Morgan fingerprint density at radius 1 is 0.703 bits per heavy atom. The first-order chi connectivity index (χ1) is 18.2. The highest BCUT2D eigenvalue weighted by molar-refractivity contribution is 7.81. The summed E-state index contributed by atoms with van der Waals surface area (Å²) in [5.41, 5.74) is 3.27. The molecule has 0 saturated carbocycles. The second kappa shape index (κ2) is 19.9. The van der Waals surface area contributed by atoms with Crippen LogP contribution in [0.5, 0.6) is 5.75 Å². The highest BCUT2D eigenvalue weighted by Crippen LogP contribution is 2.26. The number of allylic oxidation sites excluding steroid dienone is 1. The van der Waals surface area contributed by atoms with Crippen molar-refractivity contribution >= 4 is 23.2 Å². The highest BCUT2D eigenvalue weighted by atomic mass is 32.1. The maximum atomic E-state index is 5.77. The molecule has 0 radical (unpaired) electrons. The highest BCUT2D eigenvalue weighted by Gasteiger charge is 2.14. The summed E-state index contributed by atoms with van der Waals surface area (Å²) in [6.07, 6.45) is 23.9. The molecular formula is C34H50O2S. The summed E-state index contributed by atoms with van der Waals surface area (Å²) in [6.45, 7) is 2.29. The molecule has 2 rings (SSSR count). The van der Waals surface area contributed by atoms with E-state index in [1.165, 1.54) is 102 Å². The zero-order valence-electron chi connectivity index (χ0n) is 23.7. The van der Waals surface area contributed by atoms with Gasteiger partial charge in [0.05, 0.1) is 19.1 Å². The van der Waals surface area contributed by atoms with Crippen molar-refractivity contribution in [1.82, 2.24) is 0 Å². The number of methoxy groups -OCH3 is 2. The van der Waals surface area contributed by atoms with Crippen molar-refractivity contribution in [3.63, 3.8) is 0 Å². The molecule has 0 unspecified atom stereocenters. The molecular weight excluding hydrogens is 472 g/mol. The normalized spacial score (nSPS) is 11.5. The number of unbranched alkanes of at least 4 members (excludes halogenated alkanes) is 14. The van der Waals surface area contributed by atoms with E-state index in [0.717, 1.165) is 23.3 Å². The molecule has 0 aliphatic heterocycles. The predicted molar refractivity (Wildman–Crippen MR) is 165 cm³/mol. The summed E-state index contributed by atoms with van der Waals surface area (Å²) in [6, 6.07) is 16.5. The van der Waals surface area contributed by atoms with Gasteiger partial charge in [0.2, 0.25) is 0 Å². The van der Waals surface area contributed by atoms with Gasteiger partial charge in [-0.3, -0.25) is 0 Å². The van der Waals surface area contributed by atoms with Gasteiger partial charge in [-0.2, -0.15) is 0 Å². The van der Waals surface area contributed by atoms with Crippen LogP contribution in [0.1, 0.15) is 120 Å². The summed E-state index contributed by atoms with van der Waals surface area (Å²) < 4.78 is 11.3. The average molecular weight is 523 g/mol. The molecule has 0 heterocycles. The van der Waals surface area contributed by atoms with E-state index >= 15 is 0 Å². The first-order valence-electron chi connectivity index (χ1n) is 14.7. The van der Waals surface area contributed by atoms with Gasteiger partial charge < -0.3 is 9.47 Å². The maximum Gasteiger partial charge on any atom is 0.138 e. The quantitative estimate of drug-likeness (QED) is 0.0534. The Morgan fingerprint density at radius 2 is 1.24 bits per heavy atom. The zero-order valence-corrected chi connectivity index (χ0v) is 24.6. The van der Waals surface area contributed by atoms with Crippen molar-refractivity contribution in [2.24, 2.45) is 0 Å². The minimum Gasteiger partial charge on any atom is -0.496 e. The lowest BCUT2D eigenvalue weighted by molar-refractivity contribution is 0.319. The Balaban J connectivity index is 1.65. The molecule has 0 spiro atoms. The van der Waals surface area contributed by atoms with E-state index in [1.54, 1.807) is 14.2 Å². The summed E-state index contributed by atoms with van der Waals surface area (Å²) in [4.78, 5) is 0.668. The minimum absolute atomic E-state index is 0.668. The minimum atomic E-state index is 0.668. The third-order valence-electron chi connectivity index (χ3n) is 7.12. The predicted octanol–water partition coefficient (Wildman–Crippen LogP) is 10.5. The van der Waals surface area contributed by atoms with E-state index in [0.29, 0.717) is 10.6 Å². The fourth-order valence-electron chi connectivity index (χ4n) is 4.83. The van der Waals surface area contributed by atoms with Crippen LogP contribution in [0.4, 0.5) is 0 Å². The third kappa shape index (κ3) is 12.8. The van der Waals surface area contributed by atoms with Gasteiger partial charge in [0.15, 0.2) is 0 Å². The van der Waals surface area contributed by atoms with Crippen LogP contribution in [0, 0.1) is 0 Å². The van der Waals surface area contributed by atoms with E-state index in [-0.39, 0.29) is 0 Å². The molecule has 0 aromatic heterocycles. The number of benzene rings is 2. The first kappa shape index (κ1) is 31.1. The lowest BCUT2D eigenvalue weighted by atomic mass is 10.0. The lowest BCUT2D eigenvalue weighted by Crippen LogP contribution is -2.06. The molecule has 2 aromatic carbocycles. The molecule has 0 bridgehead atoms. The van der Waals surface area contributed by atoms with Crippen LogP contribution in [-0.2, 0) is 11.2 Å². The number of hydrogen-bond donors (Lipinski definition) is 0. The molecule has 0 amide bonds. The van der Waals surface area contributed by atoms with Crippen LogP contribution >= 0.6 is 12.2 Å². The Bertz CT molecular complexity index is 903. The van der Waals surface area contributed by atoms with E-state index in [1.807, 2.05) is 36.4 Å². The van der Waals surface area contributed by atoms with Gasteiger partial charge in [-0.1, -0.05) is 145 Å². The van der Waals surface area contributed by atoms with E-state index in [9.17, 15) is 0 Å². The lowest BCUT2D eigenvalue weighted by Gasteiger charge is -2.14. The first-order valence-corrected chi connectivity index (χ1v) is 15.1. The van der Waals surface area contributed by atoms with Gasteiger partial charge in [0.1, 0.15) is 11.5 Å². The standard InChI is InChI=1S/C34H50O2S/c1-4-5-6-7-8-9-10-11-12-13-14-15-16-17-19-24-30-25-26-31(32(27-30)35-2)34(37)33(36-3)28-29-22-20-18-21-23-29/h18,20-23,25-28H,4-17,19,24H2,1-3H3. The van der Waals surface area contributed by atoms with Crippen LogP contribution < -0.4 is 4.74 Å². The van der Waals surface area contributed by atoms with E-state index in [2.05, 4.69) is 25.1 Å². The SMILES string of the molecule is CCCCCCCCCCCCCCCCCc1ccc(C(=S)C(=Cc2ccccc2)OC)c(OC)c1.